The maximum absolute atomic E-state index is 15.3. The predicted octanol–water partition coefficient (Wildman–Crippen LogP) is 7.51. The number of para-hydroxylation sites is 1. The molecule has 5 aromatic rings. The molecule has 2 nitrogen and oxygen atoms in total. The summed E-state index contributed by atoms with van der Waals surface area (Å²) in [5.41, 5.74) is -0.0114. The van der Waals surface area contributed by atoms with Gasteiger partial charge in [0.1, 0.15) is 11.2 Å². The maximum Gasteiger partial charge on any atom is 0.343 e. The van der Waals surface area contributed by atoms with Crippen LogP contribution < -0.4 is 0 Å². The Morgan fingerprint density at radius 3 is 2.16 bits per heavy atom. The van der Waals surface area contributed by atoms with Crippen LogP contribution in [-0.2, 0) is 11.8 Å². The third kappa shape index (κ3) is 2.24. The number of furan rings is 1. The standard InChI is InChI=1S/C25H13F4NO/c26-24(27)19-9-2-1-6-14(19)15-11-12-17-16-7-5-8-18(20-10-3-4-13-30-20)22(16)31-23(17)21(15)25(24,28)29/h1-13H. The third-order valence-corrected chi connectivity index (χ3v) is 5.87. The summed E-state index contributed by atoms with van der Waals surface area (Å²) in [5, 5.41) is 0.931. The van der Waals surface area contributed by atoms with Crippen LogP contribution in [0.5, 0.6) is 0 Å². The molecule has 2 heterocycles. The Kier molecular flexibility index (Phi) is 3.47. The molecule has 0 amide bonds. The van der Waals surface area contributed by atoms with Gasteiger partial charge in [-0.15, -0.1) is 0 Å². The minimum absolute atomic E-state index is 0.0532. The summed E-state index contributed by atoms with van der Waals surface area (Å²) in [6.07, 6.45) is 1.62. The molecule has 0 bridgehead atoms. The summed E-state index contributed by atoms with van der Waals surface area (Å²) in [6.45, 7) is 0. The van der Waals surface area contributed by atoms with E-state index in [2.05, 4.69) is 4.98 Å². The molecule has 3 aromatic carbocycles. The first kappa shape index (κ1) is 18.1. The van der Waals surface area contributed by atoms with Crippen molar-refractivity contribution in [1.82, 2.24) is 4.98 Å². The SMILES string of the molecule is FC1(F)c2ccccc2-c2ccc3c(oc4c(-c5ccccn5)cccc43)c2C1(F)F. The Morgan fingerprint density at radius 1 is 0.613 bits per heavy atom. The van der Waals surface area contributed by atoms with E-state index in [4.69, 9.17) is 4.42 Å². The van der Waals surface area contributed by atoms with Crippen LogP contribution in [0, 0.1) is 0 Å². The van der Waals surface area contributed by atoms with E-state index in [1.807, 2.05) is 0 Å². The molecule has 31 heavy (non-hydrogen) atoms. The van der Waals surface area contributed by atoms with Gasteiger partial charge < -0.3 is 4.42 Å². The lowest BCUT2D eigenvalue weighted by Crippen LogP contribution is -2.39. The number of rotatable bonds is 1. The van der Waals surface area contributed by atoms with Gasteiger partial charge in [-0.25, -0.2) is 0 Å². The maximum atomic E-state index is 15.3. The van der Waals surface area contributed by atoms with E-state index in [0.717, 1.165) is 6.07 Å². The molecule has 0 aliphatic heterocycles. The van der Waals surface area contributed by atoms with Crippen LogP contribution in [0.25, 0.3) is 44.3 Å². The summed E-state index contributed by atoms with van der Waals surface area (Å²) in [6, 6.07) is 19.1. The monoisotopic (exact) mass is 419 g/mol. The van der Waals surface area contributed by atoms with Gasteiger partial charge in [-0.05, 0) is 35.4 Å². The van der Waals surface area contributed by atoms with E-state index in [9.17, 15) is 8.78 Å². The number of hydrogen-bond donors (Lipinski definition) is 0. The first-order valence-electron chi connectivity index (χ1n) is 9.67. The highest BCUT2D eigenvalue weighted by Gasteiger charge is 2.63. The second-order valence-corrected chi connectivity index (χ2v) is 7.56. The molecule has 0 saturated carbocycles. The Bertz CT molecular complexity index is 1490. The largest absolute Gasteiger partial charge is 0.455 e. The summed E-state index contributed by atoms with van der Waals surface area (Å²) in [5.74, 6) is -8.80. The van der Waals surface area contributed by atoms with Crippen molar-refractivity contribution < 1.29 is 22.0 Å². The average molecular weight is 419 g/mol. The molecule has 1 aliphatic carbocycles. The van der Waals surface area contributed by atoms with Crippen molar-refractivity contribution in [3.8, 4) is 22.4 Å². The molecule has 0 saturated heterocycles. The van der Waals surface area contributed by atoms with Crippen LogP contribution >= 0.6 is 0 Å². The lowest BCUT2D eigenvalue weighted by atomic mass is 9.80. The Balaban J connectivity index is 1.75. The van der Waals surface area contributed by atoms with E-state index < -0.39 is 23.0 Å². The molecule has 0 unspecified atom stereocenters. The van der Waals surface area contributed by atoms with Crippen LogP contribution in [0.15, 0.2) is 83.4 Å². The van der Waals surface area contributed by atoms with Crippen LogP contribution in [0.1, 0.15) is 11.1 Å². The van der Waals surface area contributed by atoms with Crippen LogP contribution in [-0.4, -0.2) is 4.98 Å². The van der Waals surface area contributed by atoms with E-state index in [0.29, 0.717) is 27.6 Å². The van der Waals surface area contributed by atoms with Gasteiger partial charge >= 0.3 is 11.8 Å². The molecule has 2 aromatic heterocycles. The van der Waals surface area contributed by atoms with Crippen LogP contribution in [0.4, 0.5) is 17.6 Å². The summed E-state index contributed by atoms with van der Waals surface area (Å²) in [7, 11) is 0. The summed E-state index contributed by atoms with van der Waals surface area (Å²) in [4.78, 5) is 4.31. The van der Waals surface area contributed by atoms with Crippen molar-refractivity contribution >= 4 is 21.9 Å². The van der Waals surface area contributed by atoms with Gasteiger partial charge in [-0.3, -0.25) is 4.98 Å². The van der Waals surface area contributed by atoms with Crippen molar-refractivity contribution in [3.05, 3.63) is 90.1 Å². The van der Waals surface area contributed by atoms with Gasteiger partial charge in [0.25, 0.3) is 0 Å². The number of pyridine rings is 1. The number of alkyl halides is 4. The van der Waals surface area contributed by atoms with Crippen LogP contribution in [0.3, 0.4) is 0 Å². The number of halogens is 4. The number of benzene rings is 3. The minimum atomic E-state index is -4.44. The zero-order valence-corrected chi connectivity index (χ0v) is 15.9. The first-order valence-corrected chi connectivity index (χ1v) is 9.67. The van der Waals surface area contributed by atoms with E-state index in [-0.39, 0.29) is 16.7 Å². The van der Waals surface area contributed by atoms with E-state index in [1.165, 1.54) is 18.2 Å². The summed E-state index contributed by atoms with van der Waals surface area (Å²) >= 11 is 0. The molecule has 0 radical (unpaired) electrons. The molecule has 6 rings (SSSR count). The van der Waals surface area contributed by atoms with Gasteiger partial charge in [0.2, 0.25) is 0 Å². The normalized spacial score (nSPS) is 16.3. The molecule has 0 fully saturated rings. The Labute approximate surface area is 173 Å². The fraction of sp³-hybridized carbons (Fsp3) is 0.0800. The van der Waals surface area contributed by atoms with Gasteiger partial charge in [-0.2, -0.15) is 17.6 Å². The highest BCUT2D eigenvalue weighted by molar-refractivity contribution is 6.11. The van der Waals surface area contributed by atoms with E-state index >= 15 is 8.78 Å². The molecule has 1 aliphatic rings. The fourth-order valence-electron chi connectivity index (χ4n) is 4.44. The van der Waals surface area contributed by atoms with Crippen molar-refractivity contribution in [2.75, 3.05) is 0 Å². The van der Waals surface area contributed by atoms with Gasteiger partial charge in [0.05, 0.1) is 11.3 Å². The quantitative estimate of drug-likeness (QED) is 0.263. The first-order chi connectivity index (χ1) is 14.9. The molecular formula is C25H13F4NO. The second kappa shape index (κ2) is 5.94. The van der Waals surface area contributed by atoms with Gasteiger partial charge in [0.15, 0.2) is 0 Å². The molecule has 0 N–H and O–H groups in total. The topological polar surface area (TPSA) is 26.0 Å². The predicted molar refractivity (Wildman–Crippen MR) is 110 cm³/mol. The Hall–Kier alpha value is -3.67. The zero-order chi connectivity index (χ0) is 21.4. The molecule has 6 heteroatoms. The smallest absolute Gasteiger partial charge is 0.343 e. The van der Waals surface area contributed by atoms with Crippen molar-refractivity contribution in [2.45, 2.75) is 11.8 Å². The molecule has 0 spiro atoms. The highest BCUT2D eigenvalue weighted by Crippen LogP contribution is 2.59. The molecule has 0 atom stereocenters. The molecular weight excluding hydrogens is 406 g/mol. The number of hydrogen-bond acceptors (Lipinski definition) is 2. The van der Waals surface area contributed by atoms with Crippen molar-refractivity contribution in [2.24, 2.45) is 0 Å². The lowest BCUT2D eigenvalue weighted by molar-refractivity contribution is -0.224. The third-order valence-electron chi connectivity index (χ3n) is 5.87. The Morgan fingerprint density at radius 2 is 1.35 bits per heavy atom. The average Bonchev–Trinajstić information content (AvgIpc) is 3.17. The molecule has 152 valence electrons. The lowest BCUT2D eigenvalue weighted by Gasteiger charge is -2.34. The number of nitrogens with zero attached hydrogens (tertiary/aromatic N) is 1. The number of aromatic nitrogens is 1. The van der Waals surface area contributed by atoms with Gasteiger partial charge in [-0.1, -0.05) is 48.5 Å². The van der Waals surface area contributed by atoms with Crippen LogP contribution in [0.2, 0.25) is 0 Å². The zero-order valence-electron chi connectivity index (χ0n) is 15.9. The second-order valence-electron chi connectivity index (χ2n) is 7.56. The summed E-state index contributed by atoms with van der Waals surface area (Å²) < 4.78 is 66.5. The number of fused-ring (bicyclic) bond motifs is 7. The van der Waals surface area contributed by atoms with Crippen molar-refractivity contribution in [3.63, 3.8) is 0 Å². The van der Waals surface area contributed by atoms with Crippen molar-refractivity contribution in [1.29, 1.82) is 0 Å². The minimum Gasteiger partial charge on any atom is -0.455 e. The van der Waals surface area contributed by atoms with Gasteiger partial charge in [0, 0.05) is 28.1 Å². The fourth-order valence-corrected chi connectivity index (χ4v) is 4.44. The highest BCUT2D eigenvalue weighted by atomic mass is 19.3. The van der Waals surface area contributed by atoms with E-state index in [1.54, 1.807) is 54.7 Å².